The Morgan fingerprint density at radius 1 is 0.788 bits per heavy atom. The molecule has 164 valence electrons. The number of amides is 2. The van der Waals surface area contributed by atoms with Crippen LogP contribution in [0.15, 0.2) is 66.7 Å². The Balaban J connectivity index is 1.35. The highest BCUT2D eigenvalue weighted by Crippen LogP contribution is 2.32. The number of hydrogen-bond donors (Lipinski definition) is 0. The van der Waals surface area contributed by atoms with E-state index in [-0.39, 0.29) is 22.3 Å². The average molecular weight is 443 g/mol. The fourth-order valence-electron chi connectivity index (χ4n) is 3.76. The molecular formula is C25H17NO7. The minimum Gasteiger partial charge on any atom is -0.486 e. The van der Waals surface area contributed by atoms with Crippen LogP contribution < -0.4 is 9.47 Å². The fourth-order valence-corrected chi connectivity index (χ4v) is 3.76. The predicted octanol–water partition coefficient (Wildman–Crippen LogP) is 3.10. The second kappa shape index (κ2) is 8.23. The quantitative estimate of drug-likeness (QED) is 0.339. The molecule has 0 saturated carbocycles. The minimum absolute atomic E-state index is 0.0222. The topological polar surface area (TPSA) is 99.2 Å². The Hall–Kier alpha value is -4.46. The van der Waals surface area contributed by atoms with Gasteiger partial charge in [-0.2, -0.15) is 0 Å². The molecule has 0 N–H and O–H groups in total. The monoisotopic (exact) mass is 443 g/mol. The molecule has 2 amide bonds. The van der Waals surface area contributed by atoms with Crippen LogP contribution >= 0.6 is 0 Å². The molecule has 0 spiro atoms. The van der Waals surface area contributed by atoms with Crippen LogP contribution in [0, 0.1) is 0 Å². The van der Waals surface area contributed by atoms with Crippen LogP contribution in [-0.4, -0.2) is 48.4 Å². The molecule has 3 aromatic rings. The van der Waals surface area contributed by atoms with Crippen LogP contribution in [0.2, 0.25) is 0 Å². The third kappa shape index (κ3) is 3.61. The summed E-state index contributed by atoms with van der Waals surface area (Å²) in [5, 5.41) is 0. The van der Waals surface area contributed by atoms with Gasteiger partial charge in [0.25, 0.3) is 11.8 Å². The van der Waals surface area contributed by atoms with Gasteiger partial charge in [-0.1, -0.05) is 30.3 Å². The minimum atomic E-state index is -0.826. The first-order valence-corrected chi connectivity index (χ1v) is 10.2. The molecule has 2 heterocycles. The third-order valence-electron chi connectivity index (χ3n) is 5.40. The van der Waals surface area contributed by atoms with Gasteiger partial charge in [-0.3, -0.25) is 14.4 Å². The number of ether oxygens (including phenoxy) is 3. The van der Waals surface area contributed by atoms with Crippen molar-refractivity contribution in [3.8, 4) is 11.5 Å². The van der Waals surface area contributed by atoms with E-state index in [1.54, 1.807) is 54.6 Å². The van der Waals surface area contributed by atoms with E-state index >= 15 is 0 Å². The molecule has 5 rings (SSSR count). The number of rotatable bonds is 5. The number of ketones is 1. The lowest BCUT2D eigenvalue weighted by Gasteiger charge is -2.19. The normalized spacial score (nSPS) is 14.1. The van der Waals surface area contributed by atoms with Gasteiger partial charge in [0.05, 0.1) is 16.7 Å². The molecule has 2 aliphatic heterocycles. The maximum Gasteiger partial charge on any atom is 0.340 e. The van der Waals surface area contributed by atoms with E-state index < -0.39 is 30.3 Å². The van der Waals surface area contributed by atoms with Crippen molar-refractivity contribution in [2.75, 3.05) is 19.9 Å². The van der Waals surface area contributed by atoms with E-state index in [9.17, 15) is 19.2 Å². The van der Waals surface area contributed by atoms with Crippen molar-refractivity contribution in [1.82, 2.24) is 4.90 Å². The highest BCUT2D eigenvalue weighted by atomic mass is 16.6. The van der Waals surface area contributed by atoms with Gasteiger partial charge in [-0.25, -0.2) is 9.69 Å². The number of hydrogen-bond acceptors (Lipinski definition) is 7. The van der Waals surface area contributed by atoms with Crippen molar-refractivity contribution in [2.24, 2.45) is 0 Å². The molecule has 3 aromatic carbocycles. The lowest BCUT2D eigenvalue weighted by Crippen LogP contribution is -2.33. The molecule has 33 heavy (non-hydrogen) atoms. The van der Waals surface area contributed by atoms with Crippen LogP contribution in [-0.2, 0) is 4.74 Å². The van der Waals surface area contributed by atoms with E-state index in [1.165, 1.54) is 12.1 Å². The molecule has 8 heteroatoms. The summed E-state index contributed by atoms with van der Waals surface area (Å²) in [6.45, 7) is 0.255. The van der Waals surface area contributed by atoms with Crippen LogP contribution in [0.5, 0.6) is 11.5 Å². The molecular weight excluding hydrogens is 426 g/mol. The Morgan fingerprint density at radius 2 is 1.39 bits per heavy atom. The average Bonchev–Trinajstić information content (AvgIpc) is 3.11. The SMILES string of the molecule is O=C(OCN1C(=O)c2ccccc2C1=O)c1ccccc1C(=O)c1ccc2c(c1)OCCO2. The van der Waals surface area contributed by atoms with Gasteiger partial charge < -0.3 is 14.2 Å². The zero-order valence-electron chi connectivity index (χ0n) is 17.3. The fraction of sp³-hybridized carbons (Fsp3) is 0.120. The highest BCUT2D eigenvalue weighted by Gasteiger charge is 2.36. The zero-order chi connectivity index (χ0) is 22.9. The second-order valence-electron chi connectivity index (χ2n) is 7.38. The lowest BCUT2D eigenvalue weighted by atomic mass is 9.98. The first-order chi connectivity index (χ1) is 16.0. The molecule has 0 unspecified atom stereocenters. The van der Waals surface area contributed by atoms with Crippen molar-refractivity contribution in [2.45, 2.75) is 0 Å². The summed E-state index contributed by atoms with van der Waals surface area (Å²) in [6.07, 6.45) is 0. The van der Waals surface area contributed by atoms with Gasteiger partial charge in [-0.15, -0.1) is 0 Å². The van der Waals surface area contributed by atoms with E-state index in [0.717, 1.165) is 4.90 Å². The van der Waals surface area contributed by atoms with Crippen molar-refractivity contribution < 1.29 is 33.4 Å². The van der Waals surface area contributed by atoms with E-state index in [1.807, 2.05) is 0 Å². The Morgan fingerprint density at radius 3 is 2.09 bits per heavy atom. The summed E-state index contributed by atoms with van der Waals surface area (Å²) in [4.78, 5) is 51.8. The summed E-state index contributed by atoms with van der Waals surface area (Å²) in [5.74, 6) is -1.30. The van der Waals surface area contributed by atoms with Gasteiger partial charge in [-0.05, 0) is 36.4 Å². The number of fused-ring (bicyclic) bond motifs is 2. The predicted molar refractivity (Wildman–Crippen MR) is 115 cm³/mol. The summed E-state index contributed by atoms with van der Waals surface area (Å²) in [5.41, 5.74) is 0.982. The van der Waals surface area contributed by atoms with Crippen LogP contribution in [0.25, 0.3) is 0 Å². The molecule has 0 aromatic heterocycles. The maximum atomic E-state index is 13.1. The molecule has 2 aliphatic rings. The van der Waals surface area contributed by atoms with Gasteiger partial charge in [0.15, 0.2) is 24.0 Å². The van der Waals surface area contributed by atoms with Crippen molar-refractivity contribution in [1.29, 1.82) is 0 Å². The summed E-state index contributed by atoms with van der Waals surface area (Å²) >= 11 is 0. The van der Waals surface area contributed by atoms with E-state index in [2.05, 4.69) is 0 Å². The van der Waals surface area contributed by atoms with Gasteiger partial charge in [0.2, 0.25) is 0 Å². The Labute approximate surface area is 188 Å². The first kappa shape index (κ1) is 20.4. The molecule has 0 fully saturated rings. The maximum absolute atomic E-state index is 13.1. The lowest BCUT2D eigenvalue weighted by molar-refractivity contribution is 0.0226. The number of imide groups is 1. The van der Waals surface area contributed by atoms with Gasteiger partial charge in [0, 0.05) is 11.1 Å². The van der Waals surface area contributed by atoms with Crippen molar-refractivity contribution in [3.63, 3.8) is 0 Å². The van der Waals surface area contributed by atoms with Crippen LogP contribution in [0.1, 0.15) is 47.0 Å². The number of nitrogens with zero attached hydrogens (tertiary/aromatic N) is 1. The largest absolute Gasteiger partial charge is 0.486 e. The number of esters is 1. The molecule has 0 saturated heterocycles. The summed E-state index contributed by atoms with van der Waals surface area (Å²) in [6, 6.07) is 17.4. The van der Waals surface area contributed by atoms with Crippen LogP contribution in [0.4, 0.5) is 0 Å². The zero-order valence-corrected chi connectivity index (χ0v) is 17.3. The molecule has 0 bridgehead atoms. The Kier molecular flexibility index (Phi) is 5.10. The van der Waals surface area contributed by atoms with Gasteiger partial charge in [0.1, 0.15) is 13.2 Å². The van der Waals surface area contributed by atoms with E-state index in [4.69, 9.17) is 14.2 Å². The summed E-state index contributed by atoms with van der Waals surface area (Å²) < 4.78 is 16.3. The van der Waals surface area contributed by atoms with E-state index in [0.29, 0.717) is 30.3 Å². The standard InChI is InChI=1S/C25H17NO7/c27-22(15-9-10-20-21(13-15)32-12-11-31-20)16-5-1-4-8-19(16)25(30)33-14-26-23(28)17-6-2-3-7-18(17)24(26)29/h1-10,13H,11-12,14H2. The summed E-state index contributed by atoms with van der Waals surface area (Å²) in [7, 11) is 0. The highest BCUT2D eigenvalue weighted by molar-refractivity contribution is 6.21. The number of carbonyl (C=O) groups is 4. The Bertz CT molecular complexity index is 1280. The second-order valence-corrected chi connectivity index (χ2v) is 7.38. The molecule has 0 aliphatic carbocycles. The third-order valence-corrected chi connectivity index (χ3v) is 5.40. The molecule has 8 nitrogen and oxygen atoms in total. The smallest absolute Gasteiger partial charge is 0.340 e. The number of carbonyl (C=O) groups excluding carboxylic acids is 4. The van der Waals surface area contributed by atoms with Crippen molar-refractivity contribution in [3.05, 3.63) is 94.5 Å². The molecule has 0 atom stereocenters. The van der Waals surface area contributed by atoms with Gasteiger partial charge >= 0.3 is 5.97 Å². The first-order valence-electron chi connectivity index (χ1n) is 10.2. The van der Waals surface area contributed by atoms with Crippen molar-refractivity contribution >= 4 is 23.6 Å². The van der Waals surface area contributed by atoms with Crippen LogP contribution in [0.3, 0.4) is 0 Å². The molecule has 0 radical (unpaired) electrons. The number of benzene rings is 3.